The standard InChI is InChI=1S/2C5H5N.4ClH.Ru/c2*1-2-4-6-5-3-1;;;;;/h2*1-5H;4*1H;/q;;;;;;+4/p-4. The second-order valence-corrected chi connectivity index (χ2v) is 2.05. The van der Waals surface area contributed by atoms with Gasteiger partial charge in [0.05, 0.1) is 0 Å². The monoisotopic (exact) mass is 400 g/mol. The summed E-state index contributed by atoms with van der Waals surface area (Å²) in [5, 5.41) is 0. The topological polar surface area (TPSA) is 25.8 Å². The number of hydrogen-bond donors (Lipinski definition) is 0. The molecular formula is C10H10Cl4N2Ru. The summed E-state index contributed by atoms with van der Waals surface area (Å²) in [5.74, 6) is 0. The molecule has 0 fully saturated rings. The van der Waals surface area contributed by atoms with E-state index in [-0.39, 0.29) is 69.1 Å². The first kappa shape index (κ1) is 30.3. The Balaban J connectivity index is -0.0000000436. The van der Waals surface area contributed by atoms with Crippen molar-refractivity contribution in [1.29, 1.82) is 0 Å². The van der Waals surface area contributed by atoms with Crippen LogP contribution in [0.25, 0.3) is 0 Å². The van der Waals surface area contributed by atoms with Crippen LogP contribution < -0.4 is 49.6 Å². The Morgan fingerprint density at radius 3 is 0.706 bits per heavy atom. The van der Waals surface area contributed by atoms with Crippen molar-refractivity contribution < 1.29 is 69.1 Å². The molecule has 2 heterocycles. The third-order valence-electron chi connectivity index (χ3n) is 1.13. The molecule has 0 atom stereocenters. The quantitative estimate of drug-likeness (QED) is 0.410. The maximum atomic E-state index is 3.78. The molecule has 7 heteroatoms. The van der Waals surface area contributed by atoms with Gasteiger partial charge in [-0.25, -0.2) is 0 Å². The van der Waals surface area contributed by atoms with E-state index in [1.54, 1.807) is 24.8 Å². The summed E-state index contributed by atoms with van der Waals surface area (Å²) >= 11 is 0. The van der Waals surface area contributed by atoms with Crippen molar-refractivity contribution in [2.75, 3.05) is 0 Å². The Kier molecular flexibility index (Phi) is 44.6. The van der Waals surface area contributed by atoms with E-state index in [0.29, 0.717) is 0 Å². The van der Waals surface area contributed by atoms with Gasteiger partial charge in [0.1, 0.15) is 0 Å². The summed E-state index contributed by atoms with van der Waals surface area (Å²) in [6, 6.07) is 11.4. The number of hydrogen-bond acceptors (Lipinski definition) is 2. The molecule has 2 nitrogen and oxygen atoms in total. The van der Waals surface area contributed by atoms with Crippen LogP contribution in [0.4, 0.5) is 0 Å². The molecule has 0 aliphatic rings. The summed E-state index contributed by atoms with van der Waals surface area (Å²) in [6.07, 6.45) is 7.00. The molecule has 0 saturated carbocycles. The Labute approximate surface area is 139 Å². The van der Waals surface area contributed by atoms with E-state index in [1.165, 1.54) is 0 Å². The Hall–Kier alpha value is 0.0834. The van der Waals surface area contributed by atoms with Gasteiger partial charge < -0.3 is 49.6 Å². The maximum absolute atomic E-state index is 3.78. The minimum Gasteiger partial charge on any atom is -1.00 e. The average Bonchev–Trinajstić information content (AvgIpc) is 2.24. The molecule has 0 aliphatic heterocycles. The Morgan fingerprint density at radius 1 is 0.412 bits per heavy atom. The molecule has 0 bridgehead atoms. The Bertz CT molecular complexity index is 202. The minimum absolute atomic E-state index is 0. The molecule has 96 valence electrons. The van der Waals surface area contributed by atoms with E-state index in [4.69, 9.17) is 0 Å². The number of nitrogens with zero attached hydrogens (tertiary/aromatic N) is 2. The predicted molar refractivity (Wildman–Crippen MR) is 48.5 cm³/mol. The fourth-order valence-electron chi connectivity index (χ4n) is 0.625. The smallest absolute Gasteiger partial charge is 1.00 e. The van der Waals surface area contributed by atoms with Crippen LogP contribution >= 0.6 is 0 Å². The number of aromatic nitrogens is 2. The predicted octanol–water partition coefficient (Wildman–Crippen LogP) is -9.82. The van der Waals surface area contributed by atoms with E-state index in [1.807, 2.05) is 36.4 Å². The summed E-state index contributed by atoms with van der Waals surface area (Å²) in [6.45, 7) is 0. The van der Waals surface area contributed by atoms with Gasteiger partial charge in [-0.2, -0.15) is 0 Å². The van der Waals surface area contributed by atoms with Crippen LogP contribution in [-0.2, 0) is 19.5 Å². The minimum atomic E-state index is 0. The van der Waals surface area contributed by atoms with Crippen molar-refractivity contribution in [1.82, 2.24) is 9.97 Å². The molecule has 0 unspecified atom stereocenters. The fourth-order valence-corrected chi connectivity index (χ4v) is 0.625. The maximum Gasteiger partial charge on any atom is 4.00 e. The number of halogens is 4. The van der Waals surface area contributed by atoms with E-state index in [0.717, 1.165) is 0 Å². The zero-order valence-electron chi connectivity index (χ0n) is 8.53. The van der Waals surface area contributed by atoms with Crippen LogP contribution in [0.15, 0.2) is 61.2 Å². The summed E-state index contributed by atoms with van der Waals surface area (Å²) in [4.78, 5) is 7.57. The van der Waals surface area contributed by atoms with Crippen LogP contribution in [0.3, 0.4) is 0 Å². The summed E-state index contributed by atoms with van der Waals surface area (Å²) < 4.78 is 0. The third-order valence-corrected chi connectivity index (χ3v) is 1.13. The van der Waals surface area contributed by atoms with Crippen molar-refractivity contribution in [3.05, 3.63) is 61.2 Å². The molecule has 0 aromatic carbocycles. The van der Waals surface area contributed by atoms with E-state index >= 15 is 0 Å². The van der Waals surface area contributed by atoms with Crippen molar-refractivity contribution >= 4 is 0 Å². The first-order valence-corrected chi connectivity index (χ1v) is 3.70. The molecule has 0 saturated heterocycles. The van der Waals surface area contributed by atoms with Gasteiger partial charge in [0.15, 0.2) is 0 Å². The molecule has 2 aromatic heterocycles. The van der Waals surface area contributed by atoms with E-state index < -0.39 is 0 Å². The van der Waals surface area contributed by atoms with E-state index in [9.17, 15) is 0 Å². The third kappa shape index (κ3) is 21.8. The van der Waals surface area contributed by atoms with Crippen LogP contribution in [0.5, 0.6) is 0 Å². The van der Waals surface area contributed by atoms with Gasteiger partial charge in [0, 0.05) is 24.8 Å². The van der Waals surface area contributed by atoms with Crippen LogP contribution in [0, 0.1) is 0 Å². The summed E-state index contributed by atoms with van der Waals surface area (Å²) in [5.41, 5.74) is 0. The zero-order valence-corrected chi connectivity index (χ0v) is 13.3. The van der Waals surface area contributed by atoms with Gasteiger partial charge in [-0.1, -0.05) is 12.1 Å². The molecule has 0 amide bonds. The van der Waals surface area contributed by atoms with Crippen molar-refractivity contribution in [2.24, 2.45) is 0 Å². The first-order chi connectivity index (χ1) is 6.00. The molecule has 2 rings (SSSR count). The molecular weight excluding hydrogens is 391 g/mol. The van der Waals surface area contributed by atoms with Crippen molar-refractivity contribution in [2.45, 2.75) is 0 Å². The fraction of sp³-hybridized carbons (Fsp3) is 0. The van der Waals surface area contributed by atoms with Gasteiger partial charge in [-0.15, -0.1) is 0 Å². The molecule has 17 heavy (non-hydrogen) atoms. The molecule has 2 aromatic rings. The molecule has 0 aliphatic carbocycles. The first-order valence-electron chi connectivity index (χ1n) is 3.70. The van der Waals surface area contributed by atoms with Crippen molar-refractivity contribution in [3.63, 3.8) is 0 Å². The Morgan fingerprint density at radius 2 is 0.647 bits per heavy atom. The molecule has 0 radical (unpaired) electrons. The number of pyridine rings is 2. The molecule has 0 spiro atoms. The number of rotatable bonds is 0. The van der Waals surface area contributed by atoms with Crippen LogP contribution in [-0.4, -0.2) is 9.97 Å². The van der Waals surface area contributed by atoms with Crippen LogP contribution in [0.1, 0.15) is 0 Å². The summed E-state index contributed by atoms with van der Waals surface area (Å²) in [7, 11) is 0. The second kappa shape index (κ2) is 25.1. The zero-order chi connectivity index (χ0) is 8.49. The van der Waals surface area contributed by atoms with Crippen LogP contribution in [0.2, 0.25) is 0 Å². The van der Waals surface area contributed by atoms with Crippen molar-refractivity contribution in [3.8, 4) is 0 Å². The van der Waals surface area contributed by atoms with Gasteiger partial charge >= 0.3 is 19.5 Å². The SMILES string of the molecule is [Cl-].[Cl-].[Cl-].[Cl-].[Ru+4].c1ccncc1.c1ccncc1. The largest absolute Gasteiger partial charge is 4.00 e. The average molecular weight is 401 g/mol. The van der Waals surface area contributed by atoms with E-state index in [2.05, 4.69) is 9.97 Å². The van der Waals surface area contributed by atoms with Gasteiger partial charge in [-0.05, 0) is 24.3 Å². The normalized spacial score (nSPS) is 5.65. The molecule has 0 N–H and O–H groups in total. The second-order valence-electron chi connectivity index (χ2n) is 2.05. The van der Waals surface area contributed by atoms with Gasteiger partial charge in [0.25, 0.3) is 0 Å². The van der Waals surface area contributed by atoms with Gasteiger partial charge in [-0.3, -0.25) is 9.97 Å². The van der Waals surface area contributed by atoms with Gasteiger partial charge in [0.2, 0.25) is 0 Å².